The molecular formula is C23H22FN3O4S. The van der Waals surface area contributed by atoms with Crippen LogP contribution in [0.1, 0.15) is 11.1 Å². The number of anilines is 2. The minimum Gasteiger partial charge on any atom is -0.347 e. The summed E-state index contributed by atoms with van der Waals surface area (Å²) in [5.74, 6) is -1.30. The Morgan fingerprint density at radius 2 is 1.53 bits per heavy atom. The Balaban J connectivity index is 1.50. The molecule has 0 saturated heterocycles. The molecule has 0 aromatic heterocycles. The zero-order valence-corrected chi connectivity index (χ0v) is 18.1. The summed E-state index contributed by atoms with van der Waals surface area (Å²) >= 11 is 0. The predicted molar refractivity (Wildman–Crippen MR) is 120 cm³/mol. The Morgan fingerprint density at radius 1 is 0.875 bits per heavy atom. The fourth-order valence-electron chi connectivity index (χ4n) is 2.83. The summed E-state index contributed by atoms with van der Waals surface area (Å²) in [6.07, 6.45) is -0.0408. The molecule has 0 spiro atoms. The molecule has 0 fully saturated rings. The molecule has 9 heteroatoms. The first-order valence-corrected chi connectivity index (χ1v) is 11.2. The van der Waals surface area contributed by atoms with E-state index in [-0.39, 0.29) is 17.9 Å². The van der Waals surface area contributed by atoms with Crippen LogP contribution >= 0.6 is 0 Å². The Morgan fingerprint density at radius 3 is 2.19 bits per heavy atom. The number of hydrogen-bond donors (Lipinski definition) is 3. The quantitative estimate of drug-likeness (QED) is 0.485. The van der Waals surface area contributed by atoms with Crippen LogP contribution in [0.4, 0.5) is 15.8 Å². The third kappa shape index (κ3) is 6.64. The highest BCUT2D eigenvalue weighted by atomic mass is 32.2. The molecule has 0 bridgehead atoms. The lowest BCUT2D eigenvalue weighted by Crippen LogP contribution is -2.33. The number of carbonyl (C=O) groups is 2. The third-order valence-corrected chi connectivity index (χ3v) is 5.85. The van der Waals surface area contributed by atoms with Crippen LogP contribution in [0.5, 0.6) is 0 Å². The van der Waals surface area contributed by atoms with Gasteiger partial charge in [-0.25, -0.2) is 12.8 Å². The lowest BCUT2D eigenvalue weighted by atomic mass is 10.1. The molecule has 0 aliphatic rings. The molecule has 3 N–H and O–H groups in total. The summed E-state index contributed by atoms with van der Waals surface area (Å²) in [7, 11) is -3.72. The largest absolute Gasteiger partial charge is 0.347 e. The van der Waals surface area contributed by atoms with E-state index >= 15 is 0 Å². The molecule has 166 valence electrons. The van der Waals surface area contributed by atoms with Crippen LogP contribution in [0.25, 0.3) is 0 Å². The number of rotatable bonds is 8. The van der Waals surface area contributed by atoms with Crippen molar-refractivity contribution in [2.75, 3.05) is 16.6 Å². The van der Waals surface area contributed by atoms with Crippen LogP contribution in [0, 0.1) is 12.7 Å². The van der Waals surface area contributed by atoms with E-state index in [9.17, 15) is 22.4 Å². The summed E-state index contributed by atoms with van der Waals surface area (Å²) in [6, 6.07) is 18.3. The van der Waals surface area contributed by atoms with E-state index in [0.717, 1.165) is 5.56 Å². The average Bonchev–Trinajstić information content (AvgIpc) is 2.74. The topological polar surface area (TPSA) is 104 Å². The maximum Gasteiger partial charge on any atom is 0.261 e. The fourth-order valence-corrected chi connectivity index (χ4v) is 3.89. The van der Waals surface area contributed by atoms with Gasteiger partial charge in [-0.1, -0.05) is 29.8 Å². The van der Waals surface area contributed by atoms with Gasteiger partial charge in [-0.05, 0) is 61.0 Å². The minimum absolute atomic E-state index is 0.0408. The molecular weight excluding hydrogens is 433 g/mol. The Hall–Kier alpha value is -3.72. The molecule has 0 radical (unpaired) electrons. The number of benzene rings is 3. The molecule has 3 rings (SSSR count). The number of halogens is 1. The van der Waals surface area contributed by atoms with Gasteiger partial charge in [-0.2, -0.15) is 0 Å². The van der Waals surface area contributed by atoms with Gasteiger partial charge in [0.25, 0.3) is 10.0 Å². The first-order valence-electron chi connectivity index (χ1n) is 9.72. The van der Waals surface area contributed by atoms with Crippen LogP contribution in [-0.4, -0.2) is 26.8 Å². The van der Waals surface area contributed by atoms with Crippen molar-refractivity contribution < 1.29 is 22.4 Å². The standard InChI is InChI=1S/C23H22FN3O4S/c1-16-5-11-21(12-6-16)32(30,31)27-20-9-7-19(8-10-20)26-23(29)15-25-22(28)14-17-3-2-4-18(24)13-17/h2-13,27H,14-15H2,1H3,(H,25,28)(H,26,29). The van der Waals surface area contributed by atoms with E-state index in [0.29, 0.717) is 16.9 Å². The van der Waals surface area contributed by atoms with E-state index in [2.05, 4.69) is 15.4 Å². The predicted octanol–water partition coefficient (Wildman–Crippen LogP) is 3.23. The van der Waals surface area contributed by atoms with Crippen molar-refractivity contribution in [2.45, 2.75) is 18.2 Å². The maximum absolute atomic E-state index is 13.2. The van der Waals surface area contributed by atoms with E-state index in [1.807, 2.05) is 6.92 Å². The maximum atomic E-state index is 13.2. The Labute approximate surface area is 185 Å². The summed E-state index contributed by atoms with van der Waals surface area (Å²) in [5, 5.41) is 5.08. The zero-order chi connectivity index (χ0) is 23.1. The van der Waals surface area contributed by atoms with E-state index in [1.165, 1.54) is 42.5 Å². The molecule has 0 heterocycles. The van der Waals surface area contributed by atoms with Gasteiger partial charge in [0, 0.05) is 11.4 Å². The van der Waals surface area contributed by atoms with Crippen molar-refractivity contribution in [1.82, 2.24) is 5.32 Å². The normalized spacial score (nSPS) is 10.9. The minimum atomic E-state index is -3.72. The van der Waals surface area contributed by atoms with Crippen LogP contribution in [0.15, 0.2) is 77.7 Å². The van der Waals surface area contributed by atoms with E-state index < -0.39 is 27.7 Å². The number of amides is 2. The summed E-state index contributed by atoms with van der Waals surface area (Å²) in [6.45, 7) is 1.61. The third-order valence-electron chi connectivity index (χ3n) is 4.45. The van der Waals surface area contributed by atoms with E-state index in [4.69, 9.17) is 0 Å². The number of sulfonamides is 1. The summed E-state index contributed by atoms with van der Waals surface area (Å²) < 4.78 is 40.5. The first-order chi connectivity index (χ1) is 15.2. The van der Waals surface area contributed by atoms with Crippen LogP contribution in [0.3, 0.4) is 0 Å². The number of nitrogens with one attached hydrogen (secondary N) is 3. The van der Waals surface area contributed by atoms with Crippen LogP contribution < -0.4 is 15.4 Å². The zero-order valence-electron chi connectivity index (χ0n) is 17.3. The smallest absolute Gasteiger partial charge is 0.261 e. The summed E-state index contributed by atoms with van der Waals surface area (Å²) in [4.78, 5) is 24.1. The van der Waals surface area contributed by atoms with Crippen LogP contribution in [-0.2, 0) is 26.0 Å². The van der Waals surface area contributed by atoms with Gasteiger partial charge >= 0.3 is 0 Å². The Kier molecular flexibility index (Phi) is 7.21. The molecule has 0 aliphatic carbocycles. The second-order valence-electron chi connectivity index (χ2n) is 7.13. The molecule has 3 aromatic carbocycles. The van der Waals surface area contributed by atoms with Gasteiger partial charge in [0.1, 0.15) is 5.82 Å². The van der Waals surface area contributed by atoms with Gasteiger partial charge in [0.2, 0.25) is 11.8 Å². The molecule has 0 atom stereocenters. The van der Waals surface area contributed by atoms with Crippen molar-refractivity contribution in [3.8, 4) is 0 Å². The van der Waals surface area contributed by atoms with Crippen molar-refractivity contribution in [3.05, 3.63) is 89.7 Å². The molecule has 0 unspecified atom stereocenters. The molecule has 0 aliphatic heterocycles. The van der Waals surface area contributed by atoms with Crippen molar-refractivity contribution in [1.29, 1.82) is 0 Å². The highest BCUT2D eigenvalue weighted by Crippen LogP contribution is 2.18. The van der Waals surface area contributed by atoms with E-state index in [1.54, 1.807) is 30.3 Å². The summed E-state index contributed by atoms with van der Waals surface area (Å²) in [5.41, 5.74) is 2.24. The van der Waals surface area contributed by atoms with Crippen molar-refractivity contribution in [2.24, 2.45) is 0 Å². The Bertz CT molecular complexity index is 1210. The second-order valence-corrected chi connectivity index (χ2v) is 8.81. The first kappa shape index (κ1) is 23.0. The van der Waals surface area contributed by atoms with Gasteiger partial charge < -0.3 is 10.6 Å². The number of carbonyl (C=O) groups excluding carboxylic acids is 2. The lowest BCUT2D eigenvalue weighted by Gasteiger charge is -2.10. The van der Waals surface area contributed by atoms with Gasteiger partial charge in [-0.15, -0.1) is 0 Å². The van der Waals surface area contributed by atoms with Gasteiger partial charge in [0.15, 0.2) is 0 Å². The molecule has 32 heavy (non-hydrogen) atoms. The fraction of sp³-hybridized carbons (Fsp3) is 0.130. The van der Waals surface area contributed by atoms with Crippen LogP contribution in [0.2, 0.25) is 0 Å². The highest BCUT2D eigenvalue weighted by Gasteiger charge is 2.14. The van der Waals surface area contributed by atoms with Crippen molar-refractivity contribution in [3.63, 3.8) is 0 Å². The monoisotopic (exact) mass is 455 g/mol. The molecule has 3 aromatic rings. The molecule has 0 saturated carbocycles. The van der Waals surface area contributed by atoms with Gasteiger partial charge in [0.05, 0.1) is 17.9 Å². The number of hydrogen-bond acceptors (Lipinski definition) is 4. The average molecular weight is 456 g/mol. The molecule has 7 nitrogen and oxygen atoms in total. The SMILES string of the molecule is Cc1ccc(S(=O)(=O)Nc2ccc(NC(=O)CNC(=O)Cc3cccc(F)c3)cc2)cc1. The van der Waals surface area contributed by atoms with Gasteiger partial charge in [-0.3, -0.25) is 14.3 Å². The number of aryl methyl sites for hydroxylation is 1. The van der Waals surface area contributed by atoms with Crippen molar-refractivity contribution >= 4 is 33.2 Å². The molecule has 2 amide bonds. The lowest BCUT2D eigenvalue weighted by molar-refractivity contribution is -0.123. The highest BCUT2D eigenvalue weighted by molar-refractivity contribution is 7.92. The second kappa shape index (κ2) is 10.1.